The van der Waals surface area contributed by atoms with Gasteiger partial charge < -0.3 is 0 Å². The number of hydrogen-bond donors (Lipinski definition) is 0. The molecule has 0 aromatic carbocycles. The Balaban J connectivity index is 0. The Morgan fingerprint density at radius 1 is 0.289 bits per heavy atom. The average molecular weight is 761 g/mol. The molecule has 0 saturated heterocycles. The minimum atomic E-state index is 1.01. The van der Waals surface area contributed by atoms with E-state index in [2.05, 4.69) is 72.9 Å². The van der Waals surface area contributed by atoms with E-state index >= 15 is 0 Å². The summed E-state index contributed by atoms with van der Waals surface area (Å²) in [5.74, 6) is 2.02. The van der Waals surface area contributed by atoms with Crippen LogP contribution >= 0.6 is 45.2 Å². The Morgan fingerprint density at radius 3 is 0.763 bits per heavy atom. The van der Waals surface area contributed by atoms with E-state index < -0.39 is 0 Å². The lowest BCUT2D eigenvalue weighted by Gasteiger charge is -2.13. The lowest BCUT2D eigenvalue weighted by atomic mass is 9.95. The van der Waals surface area contributed by atoms with Gasteiger partial charge in [0.2, 0.25) is 0 Å². The molecular weight excluding hydrogens is 686 g/mol. The van der Waals surface area contributed by atoms with Crippen LogP contribution in [-0.4, -0.2) is 8.86 Å². The maximum atomic E-state index is 2.62. The maximum absolute atomic E-state index is 2.62. The van der Waals surface area contributed by atoms with Gasteiger partial charge in [-0.1, -0.05) is 227 Å². The first kappa shape index (κ1) is 41.6. The molecule has 232 valence electrons. The van der Waals surface area contributed by atoms with E-state index in [0.29, 0.717) is 0 Å². The summed E-state index contributed by atoms with van der Waals surface area (Å²) in [5.41, 5.74) is 0. The summed E-state index contributed by atoms with van der Waals surface area (Å²) in [6.07, 6.45) is 40.8. The summed E-state index contributed by atoms with van der Waals surface area (Å²) in [6.45, 7) is 9.19. The van der Waals surface area contributed by atoms with Gasteiger partial charge in [0.1, 0.15) is 0 Å². The number of hydrogen-bond acceptors (Lipinski definition) is 0. The molecule has 0 bridgehead atoms. The number of halogens is 2. The molecule has 38 heavy (non-hydrogen) atoms. The van der Waals surface area contributed by atoms with Crippen LogP contribution in [0.4, 0.5) is 0 Å². The van der Waals surface area contributed by atoms with Gasteiger partial charge >= 0.3 is 0 Å². The molecule has 0 aromatic rings. The molecule has 0 fully saturated rings. The first-order valence-electron chi connectivity index (χ1n) is 17.8. The lowest BCUT2D eigenvalue weighted by molar-refractivity contribution is 0.439. The molecule has 0 saturated carbocycles. The zero-order valence-electron chi connectivity index (χ0n) is 27.1. The smallest absolute Gasteiger partial charge is 0.00237 e. The van der Waals surface area contributed by atoms with Crippen LogP contribution in [0.5, 0.6) is 0 Å². The summed E-state index contributed by atoms with van der Waals surface area (Å²) < 4.78 is 2.75. The molecule has 0 N–H and O–H groups in total. The van der Waals surface area contributed by atoms with Crippen molar-refractivity contribution >= 4 is 45.2 Å². The van der Waals surface area contributed by atoms with Crippen LogP contribution in [0.2, 0.25) is 0 Å². The van der Waals surface area contributed by atoms with Crippen molar-refractivity contribution in [2.24, 2.45) is 11.8 Å². The third kappa shape index (κ3) is 35.5. The fourth-order valence-corrected chi connectivity index (χ4v) is 7.20. The standard InChI is InChI=1S/C24H49I.C12H25I/c1-3-5-7-9-11-13-14-16-18-20-22-24(23-25)21-19-17-15-12-10-8-6-4-2;1-3-5-7-8-10-12(11-13)9-6-4-2/h24H,3-23H2,1-2H3;12H,3-11H2,1-2H3. The van der Waals surface area contributed by atoms with E-state index in [1.807, 2.05) is 0 Å². The second-order valence-corrected chi connectivity index (χ2v) is 14.0. The Morgan fingerprint density at radius 2 is 0.500 bits per heavy atom. The van der Waals surface area contributed by atoms with Crippen molar-refractivity contribution in [3.63, 3.8) is 0 Å². The van der Waals surface area contributed by atoms with Crippen LogP contribution in [0.3, 0.4) is 0 Å². The molecular formula is C36H74I2. The molecule has 0 amide bonds. The molecule has 0 nitrogen and oxygen atoms in total. The van der Waals surface area contributed by atoms with E-state index in [1.165, 1.54) is 189 Å². The monoisotopic (exact) mass is 760 g/mol. The van der Waals surface area contributed by atoms with Crippen LogP contribution in [0.15, 0.2) is 0 Å². The van der Waals surface area contributed by atoms with E-state index in [0.717, 1.165) is 11.8 Å². The maximum Gasteiger partial charge on any atom is 0.00237 e. The van der Waals surface area contributed by atoms with Gasteiger partial charge in [-0.15, -0.1) is 0 Å². The van der Waals surface area contributed by atoms with Crippen LogP contribution in [0.1, 0.15) is 207 Å². The van der Waals surface area contributed by atoms with Crippen LogP contribution in [0, 0.1) is 11.8 Å². The van der Waals surface area contributed by atoms with Crippen molar-refractivity contribution in [2.75, 3.05) is 8.86 Å². The van der Waals surface area contributed by atoms with Crippen molar-refractivity contribution in [3.8, 4) is 0 Å². The summed E-state index contributed by atoms with van der Waals surface area (Å²) in [4.78, 5) is 0. The van der Waals surface area contributed by atoms with Crippen molar-refractivity contribution in [1.29, 1.82) is 0 Å². The Labute approximate surface area is 271 Å². The van der Waals surface area contributed by atoms with Gasteiger partial charge in [0.25, 0.3) is 0 Å². The average Bonchev–Trinajstić information content (AvgIpc) is 2.94. The topological polar surface area (TPSA) is 0 Å². The highest BCUT2D eigenvalue weighted by Gasteiger charge is 2.07. The second-order valence-electron chi connectivity index (χ2n) is 12.3. The molecule has 0 aliphatic rings. The first-order valence-corrected chi connectivity index (χ1v) is 20.9. The number of alkyl halides is 2. The molecule has 2 unspecified atom stereocenters. The lowest BCUT2D eigenvalue weighted by Crippen LogP contribution is -2.02. The van der Waals surface area contributed by atoms with Crippen molar-refractivity contribution < 1.29 is 0 Å². The van der Waals surface area contributed by atoms with Crippen LogP contribution in [0.25, 0.3) is 0 Å². The van der Waals surface area contributed by atoms with Crippen molar-refractivity contribution in [2.45, 2.75) is 207 Å². The third-order valence-corrected chi connectivity index (χ3v) is 10.8. The SMILES string of the molecule is CCCCCCC(CI)CCCC.CCCCCCCCCCCCC(CI)CCCCCCCCCC. The van der Waals surface area contributed by atoms with E-state index in [-0.39, 0.29) is 0 Å². The van der Waals surface area contributed by atoms with Crippen molar-refractivity contribution in [3.05, 3.63) is 0 Å². The molecule has 2 heteroatoms. The number of unbranched alkanes of at least 4 members (excludes halogenated alkanes) is 20. The van der Waals surface area contributed by atoms with E-state index in [4.69, 9.17) is 0 Å². The first-order chi connectivity index (χ1) is 18.7. The quantitative estimate of drug-likeness (QED) is 0.0389. The second kappa shape index (κ2) is 38.5. The predicted molar refractivity (Wildman–Crippen MR) is 197 cm³/mol. The van der Waals surface area contributed by atoms with Crippen molar-refractivity contribution in [1.82, 2.24) is 0 Å². The highest BCUT2D eigenvalue weighted by molar-refractivity contribution is 14.1. The van der Waals surface area contributed by atoms with E-state index in [9.17, 15) is 0 Å². The summed E-state index contributed by atoms with van der Waals surface area (Å²) in [6, 6.07) is 0. The molecule has 0 radical (unpaired) electrons. The Hall–Kier alpha value is 1.46. The minimum Gasteiger partial charge on any atom is -0.0861 e. The van der Waals surface area contributed by atoms with Crippen LogP contribution in [-0.2, 0) is 0 Å². The highest BCUT2D eigenvalue weighted by Crippen LogP contribution is 2.22. The van der Waals surface area contributed by atoms with Gasteiger partial charge in [-0.2, -0.15) is 0 Å². The Kier molecular flexibility index (Phi) is 42.1. The highest BCUT2D eigenvalue weighted by atomic mass is 127. The zero-order chi connectivity index (χ0) is 28.4. The normalized spacial score (nSPS) is 12.8. The summed E-state index contributed by atoms with van der Waals surface area (Å²) >= 11 is 5.17. The van der Waals surface area contributed by atoms with Gasteiger partial charge in [-0.25, -0.2) is 0 Å². The predicted octanol–water partition coefficient (Wildman–Crippen LogP) is 15.1. The van der Waals surface area contributed by atoms with Gasteiger partial charge in [-0.05, 0) is 37.5 Å². The largest absolute Gasteiger partial charge is 0.0861 e. The summed E-state index contributed by atoms with van der Waals surface area (Å²) in [5, 5.41) is 0. The molecule has 0 rings (SSSR count). The van der Waals surface area contributed by atoms with Gasteiger partial charge in [0.05, 0.1) is 0 Å². The fraction of sp³-hybridized carbons (Fsp3) is 1.00. The van der Waals surface area contributed by atoms with Gasteiger partial charge in [-0.3, -0.25) is 0 Å². The molecule has 0 aliphatic heterocycles. The van der Waals surface area contributed by atoms with Crippen LogP contribution < -0.4 is 0 Å². The summed E-state index contributed by atoms with van der Waals surface area (Å²) in [7, 11) is 0. The number of rotatable bonds is 30. The molecule has 0 aliphatic carbocycles. The third-order valence-electron chi connectivity index (χ3n) is 8.30. The Bertz CT molecular complexity index is 384. The van der Waals surface area contributed by atoms with E-state index in [1.54, 1.807) is 0 Å². The molecule has 0 aromatic heterocycles. The molecule has 2 atom stereocenters. The minimum absolute atomic E-state index is 1.01. The fourth-order valence-electron chi connectivity index (χ4n) is 5.44. The van der Waals surface area contributed by atoms with Gasteiger partial charge in [0, 0.05) is 8.86 Å². The molecule has 0 spiro atoms. The molecule has 0 heterocycles. The zero-order valence-corrected chi connectivity index (χ0v) is 31.4. The van der Waals surface area contributed by atoms with Gasteiger partial charge in [0.15, 0.2) is 0 Å².